The molecule has 2 aromatic rings. The smallest absolute Gasteiger partial charge is 0.344 e. The number of aryl methyl sites for hydroxylation is 1. The van der Waals surface area contributed by atoms with Crippen LogP contribution in [0.15, 0.2) is 36.4 Å². The van der Waals surface area contributed by atoms with Gasteiger partial charge in [-0.05, 0) is 98.8 Å². The highest BCUT2D eigenvalue weighted by molar-refractivity contribution is 6.43. The zero-order valence-corrected chi connectivity index (χ0v) is 35.3. The molecule has 5 rings (SSSR count). The molecule has 3 fully saturated rings. The summed E-state index contributed by atoms with van der Waals surface area (Å²) in [4.78, 5) is 41.9. The zero-order valence-electron chi connectivity index (χ0n) is 32.2. The largest absolute Gasteiger partial charge is 0.481 e. The number of carboxylic acid groups (broad SMARTS) is 4. The van der Waals surface area contributed by atoms with Gasteiger partial charge < -0.3 is 30.3 Å². The van der Waals surface area contributed by atoms with Crippen molar-refractivity contribution in [3.63, 3.8) is 0 Å². The van der Waals surface area contributed by atoms with Crippen LogP contribution in [0.4, 0.5) is 0 Å². The number of aliphatic carboxylic acids is 4. The maximum Gasteiger partial charge on any atom is 0.344 e. The molecule has 5 unspecified atom stereocenters. The molecule has 2 aromatic carbocycles. The maximum atomic E-state index is 10.9. The molecule has 0 heterocycles. The SMILES string of the molecule is CC(Oc1cc(Cl)c(Cl)cc1Cl)C(=O)O.CC1C(C(=O)O)CC2CC1C2(C)C.O=C(O)CCCCCCCCCO.O=C(O)CCCCc1cccc(Cl)c1. The van der Waals surface area contributed by atoms with Crippen molar-refractivity contribution in [3.05, 3.63) is 62.1 Å². The van der Waals surface area contributed by atoms with Crippen LogP contribution in [-0.2, 0) is 25.6 Å². The molecule has 0 aliphatic heterocycles. The van der Waals surface area contributed by atoms with Crippen LogP contribution in [0, 0.1) is 29.1 Å². The van der Waals surface area contributed by atoms with Crippen molar-refractivity contribution in [2.75, 3.05) is 6.61 Å². The topological polar surface area (TPSA) is 179 Å². The highest BCUT2D eigenvalue weighted by atomic mass is 35.5. The predicted molar refractivity (Wildman–Crippen MR) is 218 cm³/mol. The number of rotatable bonds is 18. The Hall–Kier alpha value is -2.76. The van der Waals surface area contributed by atoms with Gasteiger partial charge in [-0.3, -0.25) is 14.4 Å². The third-order valence-corrected chi connectivity index (χ3v) is 11.6. The van der Waals surface area contributed by atoms with E-state index in [1.54, 1.807) is 0 Å². The fourth-order valence-corrected chi connectivity index (χ4v) is 7.68. The molecule has 0 spiro atoms. The van der Waals surface area contributed by atoms with Crippen LogP contribution in [0.25, 0.3) is 0 Å². The maximum absolute atomic E-state index is 10.9. The zero-order chi connectivity index (χ0) is 41.7. The normalized spacial score (nSPS) is 19.4. The summed E-state index contributed by atoms with van der Waals surface area (Å²) in [6.07, 6.45) is 11.5. The number of aliphatic hydroxyl groups is 1. The lowest BCUT2D eigenvalue weighted by molar-refractivity contribution is -0.167. The molecule has 0 amide bonds. The predicted octanol–water partition coefficient (Wildman–Crippen LogP) is 11.2. The van der Waals surface area contributed by atoms with Crippen molar-refractivity contribution >= 4 is 70.3 Å². The quantitative estimate of drug-likeness (QED) is 0.0716. The van der Waals surface area contributed by atoms with Gasteiger partial charge in [-0.15, -0.1) is 0 Å². The number of carbonyl (C=O) groups is 4. The van der Waals surface area contributed by atoms with Gasteiger partial charge in [-0.1, -0.05) is 111 Å². The summed E-state index contributed by atoms with van der Waals surface area (Å²) >= 11 is 23.0. The standard InChI is InChI=1S/C11H13ClO2.C11H18O2.C10H20O3.C9H7Cl3O3/c12-10-6-3-5-9(8-10)4-1-2-7-11(13)14;1-6-8(10(12)13)4-7-5-9(6)11(7,2)3;11-9-7-5-3-1-2-4-6-8-10(12)13;1-4(9(13)14)15-8-3-6(11)5(10)2-7(8)12/h3,5-6,8H,1-2,4,7H2,(H,13,14);6-9H,4-5H2,1-3H3,(H,12,13);11H,1-9H2,(H,12,13);2-4H,1H3,(H,13,14). The second kappa shape index (κ2) is 26.2. The Bertz CT molecular complexity index is 1500. The number of hydrogen-bond acceptors (Lipinski definition) is 6. The molecule has 0 aromatic heterocycles. The van der Waals surface area contributed by atoms with E-state index in [1.807, 2.05) is 24.3 Å². The second-order valence-electron chi connectivity index (χ2n) is 14.8. The Labute approximate surface area is 345 Å². The first-order valence-electron chi connectivity index (χ1n) is 18.9. The van der Waals surface area contributed by atoms with Crippen LogP contribution in [0.3, 0.4) is 0 Å². The van der Waals surface area contributed by atoms with E-state index < -0.39 is 30.0 Å². The Kier molecular flexibility index (Phi) is 24.0. The summed E-state index contributed by atoms with van der Waals surface area (Å²) in [5, 5.41) is 44.4. The van der Waals surface area contributed by atoms with E-state index in [-0.39, 0.29) is 33.2 Å². The Morgan fingerprint density at radius 3 is 1.80 bits per heavy atom. The fraction of sp³-hybridized carbons (Fsp3) is 0.610. The van der Waals surface area contributed by atoms with Gasteiger partial charge in [-0.2, -0.15) is 0 Å². The van der Waals surface area contributed by atoms with E-state index in [0.717, 1.165) is 69.2 Å². The molecule has 55 heavy (non-hydrogen) atoms. The molecule has 0 radical (unpaired) electrons. The highest BCUT2D eigenvalue weighted by Gasteiger charge is 2.57. The monoisotopic (exact) mass is 850 g/mol. The minimum atomic E-state index is -1.09. The van der Waals surface area contributed by atoms with Gasteiger partial charge in [0, 0.05) is 30.5 Å². The summed E-state index contributed by atoms with van der Waals surface area (Å²) in [7, 11) is 0. The molecule has 10 nitrogen and oxygen atoms in total. The number of halogens is 4. The number of hydrogen-bond donors (Lipinski definition) is 5. The lowest BCUT2D eigenvalue weighted by Gasteiger charge is -2.61. The third-order valence-electron chi connectivity index (χ3n) is 10.3. The third kappa shape index (κ3) is 19.3. The molecule has 5 atom stereocenters. The molecule has 3 aliphatic carbocycles. The number of unbranched alkanes of at least 4 members (excludes halogenated alkanes) is 7. The second-order valence-corrected chi connectivity index (χ2v) is 16.4. The van der Waals surface area contributed by atoms with Crippen molar-refractivity contribution in [3.8, 4) is 5.75 Å². The van der Waals surface area contributed by atoms with Crippen molar-refractivity contribution in [2.24, 2.45) is 29.1 Å². The first-order chi connectivity index (χ1) is 25.8. The molecule has 3 saturated carbocycles. The van der Waals surface area contributed by atoms with E-state index in [9.17, 15) is 19.2 Å². The Morgan fingerprint density at radius 1 is 0.764 bits per heavy atom. The lowest BCUT2D eigenvalue weighted by atomic mass is 9.43. The van der Waals surface area contributed by atoms with Crippen LogP contribution < -0.4 is 4.74 Å². The molecule has 14 heteroatoms. The molecular formula is C41H58Cl4O10. The van der Waals surface area contributed by atoms with Gasteiger partial charge >= 0.3 is 23.9 Å². The Balaban J connectivity index is 0.000000367. The van der Waals surface area contributed by atoms with Crippen LogP contribution in [-0.4, -0.2) is 62.1 Å². The molecule has 2 bridgehead atoms. The number of ether oxygens (including phenoxy) is 1. The first kappa shape index (κ1) is 50.3. The summed E-state index contributed by atoms with van der Waals surface area (Å²) in [5.41, 5.74) is 1.58. The molecule has 5 N–H and O–H groups in total. The van der Waals surface area contributed by atoms with Crippen molar-refractivity contribution in [1.29, 1.82) is 0 Å². The van der Waals surface area contributed by atoms with Gasteiger partial charge in [0.15, 0.2) is 6.10 Å². The summed E-state index contributed by atoms with van der Waals surface area (Å²) in [6.45, 7) is 8.38. The molecular weight excluding hydrogens is 794 g/mol. The number of benzene rings is 2. The first-order valence-corrected chi connectivity index (χ1v) is 20.4. The number of carboxylic acids is 4. The van der Waals surface area contributed by atoms with Gasteiger partial charge in [0.05, 0.1) is 21.0 Å². The van der Waals surface area contributed by atoms with E-state index in [4.69, 9.17) is 76.7 Å². The molecule has 310 valence electrons. The average molecular weight is 853 g/mol. The average Bonchev–Trinajstić information content (AvgIpc) is 3.10. The van der Waals surface area contributed by atoms with Crippen molar-refractivity contribution in [2.45, 2.75) is 124 Å². The summed E-state index contributed by atoms with van der Waals surface area (Å²) in [5.74, 6) is -1.29. The van der Waals surface area contributed by atoms with Crippen molar-refractivity contribution in [1.82, 2.24) is 0 Å². The Morgan fingerprint density at radius 2 is 1.31 bits per heavy atom. The summed E-state index contributed by atoms with van der Waals surface area (Å²) in [6, 6.07) is 10.5. The number of aliphatic hydroxyl groups excluding tert-OH is 1. The minimum Gasteiger partial charge on any atom is -0.481 e. The molecule has 3 aliphatic rings. The van der Waals surface area contributed by atoms with Crippen LogP contribution >= 0.6 is 46.4 Å². The van der Waals surface area contributed by atoms with Gasteiger partial charge in [-0.25, -0.2) is 4.79 Å². The van der Waals surface area contributed by atoms with Gasteiger partial charge in [0.2, 0.25) is 0 Å². The highest BCUT2D eigenvalue weighted by Crippen LogP contribution is 2.62. The summed E-state index contributed by atoms with van der Waals surface area (Å²) < 4.78 is 5.07. The fourth-order valence-electron chi connectivity index (χ4n) is 6.88. The van der Waals surface area contributed by atoms with Gasteiger partial charge in [0.1, 0.15) is 5.75 Å². The van der Waals surface area contributed by atoms with Gasteiger partial charge in [0.25, 0.3) is 0 Å². The van der Waals surface area contributed by atoms with Crippen molar-refractivity contribution < 1.29 is 49.4 Å². The van der Waals surface area contributed by atoms with E-state index >= 15 is 0 Å². The van der Waals surface area contributed by atoms with Crippen LogP contribution in [0.5, 0.6) is 5.75 Å². The lowest BCUT2D eigenvalue weighted by Crippen LogP contribution is -2.56. The minimum absolute atomic E-state index is 0.0724. The van der Waals surface area contributed by atoms with E-state index in [2.05, 4.69) is 20.8 Å². The van der Waals surface area contributed by atoms with Crippen LogP contribution in [0.1, 0.15) is 117 Å². The van der Waals surface area contributed by atoms with E-state index in [0.29, 0.717) is 36.2 Å². The molecule has 0 saturated heterocycles. The van der Waals surface area contributed by atoms with E-state index in [1.165, 1.54) is 37.5 Å². The number of fused-ring (bicyclic) bond motifs is 2. The van der Waals surface area contributed by atoms with Crippen LogP contribution in [0.2, 0.25) is 20.1 Å².